The molecule has 50 valence electrons. The summed E-state index contributed by atoms with van der Waals surface area (Å²) in [5.74, 6) is 1.07. The van der Waals surface area contributed by atoms with E-state index in [9.17, 15) is 0 Å². The second-order valence-corrected chi connectivity index (χ2v) is 4.13. The standard InChI is InChI=1S/C8H13N/c1-2-8(1)4-6-3-7(8)9-5-6/h6-7,9H,1-5H2. The van der Waals surface area contributed by atoms with Gasteiger partial charge in [-0.3, -0.25) is 0 Å². The molecule has 0 radical (unpaired) electrons. The molecule has 1 aliphatic heterocycles. The molecule has 1 spiro atoms. The minimum Gasteiger partial charge on any atom is -0.313 e. The van der Waals surface area contributed by atoms with Crippen molar-refractivity contribution < 1.29 is 0 Å². The van der Waals surface area contributed by atoms with Crippen LogP contribution in [0.2, 0.25) is 0 Å². The third-order valence-electron chi connectivity index (χ3n) is 3.55. The van der Waals surface area contributed by atoms with Crippen molar-refractivity contribution in [1.82, 2.24) is 5.32 Å². The maximum atomic E-state index is 3.61. The molecule has 2 bridgehead atoms. The van der Waals surface area contributed by atoms with E-state index in [2.05, 4.69) is 5.32 Å². The maximum Gasteiger partial charge on any atom is 0.0127 e. The average molecular weight is 123 g/mol. The highest BCUT2D eigenvalue weighted by atomic mass is 15.0. The Morgan fingerprint density at radius 1 is 1.33 bits per heavy atom. The van der Waals surface area contributed by atoms with Gasteiger partial charge in [-0.05, 0) is 43.6 Å². The van der Waals surface area contributed by atoms with E-state index in [1.807, 2.05) is 0 Å². The van der Waals surface area contributed by atoms with E-state index >= 15 is 0 Å². The molecule has 1 heterocycles. The van der Waals surface area contributed by atoms with Gasteiger partial charge in [0.15, 0.2) is 0 Å². The Kier molecular flexibility index (Phi) is 0.628. The molecule has 1 N–H and O–H groups in total. The van der Waals surface area contributed by atoms with Crippen LogP contribution >= 0.6 is 0 Å². The lowest BCUT2D eigenvalue weighted by molar-refractivity contribution is 0.344. The molecule has 2 atom stereocenters. The monoisotopic (exact) mass is 123 g/mol. The number of piperidine rings is 1. The van der Waals surface area contributed by atoms with Gasteiger partial charge in [0.2, 0.25) is 0 Å². The predicted octanol–water partition coefficient (Wildman–Crippen LogP) is 1.15. The van der Waals surface area contributed by atoms with Gasteiger partial charge in [0.25, 0.3) is 0 Å². The van der Waals surface area contributed by atoms with Gasteiger partial charge in [-0.25, -0.2) is 0 Å². The first-order valence-electron chi connectivity index (χ1n) is 4.12. The first-order valence-corrected chi connectivity index (χ1v) is 4.12. The normalized spacial score (nSPS) is 50.7. The lowest BCUT2D eigenvalue weighted by Gasteiger charge is -2.21. The first kappa shape index (κ1) is 4.73. The molecule has 2 aliphatic carbocycles. The summed E-state index contributed by atoms with van der Waals surface area (Å²) in [5.41, 5.74) is 0.850. The summed E-state index contributed by atoms with van der Waals surface area (Å²) in [5, 5.41) is 3.61. The molecular weight excluding hydrogens is 110 g/mol. The molecule has 0 amide bonds. The van der Waals surface area contributed by atoms with E-state index in [0.717, 1.165) is 17.4 Å². The Morgan fingerprint density at radius 3 is 2.56 bits per heavy atom. The molecule has 0 aromatic rings. The number of nitrogens with one attached hydrogen (secondary N) is 1. The lowest BCUT2D eigenvalue weighted by Crippen LogP contribution is -2.33. The summed E-state index contributed by atoms with van der Waals surface area (Å²) in [6, 6.07) is 0.947. The molecule has 9 heavy (non-hydrogen) atoms. The van der Waals surface area contributed by atoms with Gasteiger partial charge in [-0.1, -0.05) is 0 Å². The Balaban J connectivity index is 1.96. The van der Waals surface area contributed by atoms with Crippen LogP contribution in [0.4, 0.5) is 0 Å². The van der Waals surface area contributed by atoms with E-state index in [1.165, 1.54) is 25.8 Å². The minimum absolute atomic E-state index is 0.850. The molecule has 1 saturated heterocycles. The molecule has 3 fully saturated rings. The SMILES string of the molecule is C1NC2CC1CC21CC1. The van der Waals surface area contributed by atoms with E-state index in [4.69, 9.17) is 0 Å². The number of fused-ring (bicyclic) bond motifs is 3. The van der Waals surface area contributed by atoms with Gasteiger partial charge in [-0.2, -0.15) is 0 Å². The van der Waals surface area contributed by atoms with Gasteiger partial charge in [0.05, 0.1) is 0 Å². The van der Waals surface area contributed by atoms with Gasteiger partial charge in [0, 0.05) is 6.04 Å². The van der Waals surface area contributed by atoms with Crippen LogP contribution in [-0.2, 0) is 0 Å². The first-order chi connectivity index (χ1) is 4.39. The van der Waals surface area contributed by atoms with Crippen LogP contribution in [0.5, 0.6) is 0 Å². The highest BCUT2D eigenvalue weighted by molar-refractivity contribution is 5.12. The fraction of sp³-hybridized carbons (Fsp3) is 1.00. The van der Waals surface area contributed by atoms with Crippen molar-refractivity contribution >= 4 is 0 Å². The molecule has 0 aromatic heterocycles. The quantitative estimate of drug-likeness (QED) is 0.509. The minimum atomic E-state index is 0.850. The molecule has 1 heteroatoms. The van der Waals surface area contributed by atoms with Crippen LogP contribution in [0.1, 0.15) is 25.7 Å². The van der Waals surface area contributed by atoms with Crippen molar-refractivity contribution in [2.75, 3.05) is 6.54 Å². The van der Waals surface area contributed by atoms with E-state index in [1.54, 1.807) is 6.42 Å². The fourth-order valence-electron chi connectivity index (χ4n) is 2.86. The second-order valence-electron chi connectivity index (χ2n) is 4.13. The smallest absolute Gasteiger partial charge is 0.0127 e. The third kappa shape index (κ3) is 0.454. The highest BCUT2D eigenvalue weighted by Crippen LogP contribution is 2.61. The van der Waals surface area contributed by atoms with Gasteiger partial charge < -0.3 is 5.32 Å². The van der Waals surface area contributed by atoms with Gasteiger partial charge in [0.1, 0.15) is 0 Å². The van der Waals surface area contributed by atoms with Crippen LogP contribution < -0.4 is 5.32 Å². The summed E-state index contributed by atoms with van der Waals surface area (Å²) < 4.78 is 0. The van der Waals surface area contributed by atoms with Crippen LogP contribution in [0.3, 0.4) is 0 Å². The van der Waals surface area contributed by atoms with E-state index < -0.39 is 0 Å². The van der Waals surface area contributed by atoms with Crippen molar-refractivity contribution in [3.63, 3.8) is 0 Å². The summed E-state index contributed by atoms with van der Waals surface area (Å²) >= 11 is 0. The van der Waals surface area contributed by atoms with Crippen molar-refractivity contribution in [3.05, 3.63) is 0 Å². The van der Waals surface area contributed by atoms with Gasteiger partial charge >= 0.3 is 0 Å². The Bertz CT molecular complexity index is 149. The van der Waals surface area contributed by atoms with Crippen LogP contribution in [0.15, 0.2) is 0 Å². The summed E-state index contributed by atoms with van der Waals surface area (Å²) in [6.45, 7) is 1.33. The fourth-order valence-corrected chi connectivity index (χ4v) is 2.86. The van der Waals surface area contributed by atoms with Crippen LogP contribution in [-0.4, -0.2) is 12.6 Å². The maximum absolute atomic E-state index is 3.61. The molecular formula is C8H13N. The highest BCUT2D eigenvalue weighted by Gasteiger charge is 2.57. The zero-order valence-electron chi connectivity index (χ0n) is 5.69. The summed E-state index contributed by atoms with van der Waals surface area (Å²) in [7, 11) is 0. The average Bonchev–Trinajstić information content (AvgIpc) is 2.40. The summed E-state index contributed by atoms with van der Waals surface area (Å²) in [6.07, 6.45) is 6.12. The Hall–Kier alpha value is -0.0400. The molecule has 3 rings (SSSR count). The van der Waals surface area contributed by atoms with Crippen molar-refractivity contribution in [1.29, 1.82) is 0 Å². The Labute approximate surface area is 55.8 Å². The molecule has 1 nitrogen and oxygen atoms in total. The molecule has 3 aliphatic rings. The Morgan fingerprint density at radius 2 is 2.22 bits per heavy atom. The topological polar surface area (TPSA) is 12.0 Å². The second kappa shape index (κ2) is 1.20. The number of hydrogen-bond acceptors (Lipinski definition) is 1. The van der Waals surface area contributed by atoms with Crippen LogP contribution in [0.25, 0.3) is 0 Å². The van der Waals surface area contributed by atoms with Crippen molar-refractivity contribution in [2.24, 2.45) is 11.3 Å². The zero-order valence-corrected chi connectivity index (χ0v) is 5.69. The van der Waals surface area contributed by atoms with Crippen molar-refractivity contribution in [3.8, 4) is 0 Å². The zero-order chi connectivity index (χ0) is 5.90. The summed E-state index contributed by atoms with van der Waals surface area (Å²) in [4.78, 5) is 0. The molecule has 2 saturated carbocycles. The largest absolute Gasteiger partial charge is 0.313 e. The lowest BCUT2D eigenvalue weighted by atomic mass is 9.97. The third-order valence-corrected chi connectivity index (χ3v) is 3.55. The van der Waals surface area contributed by atoms with E-state index in [-0.39, 0.29) is 0 Å². The van der Waals surface area contributed by atoms with Crippen LogP contribution in [0, 0.1) is 11.3 Å². The van der Waals surface area contributed by atoms with E-state index in [0.29, 0.717) is 0 Å². The number of rotatable bonds is 0. The molecule has 0 aromatic carbocycles. The van der Waals surface area contributed by atoms with Gasteiger partial charge in [-0.15, -0.1) is 0 Å². The predicted molar refractivity (Wildman–Crippen MR) is 36.2 cm³/mol. The number of hydrogen-bond donors (Lipinski definition) is 1. The molecule has 2 unspecified atom stereocenters. The van der Waals surface area contributed by atoms with Crippen molar-refractivity contribution in [2.45, 2.75) is 31.7 Å².